The fourth-order valence-corrected chi connectivity index (χ4v) is 4.88. The van der Waals surface area contributed by atoms with Crippen molar-refractivity contribution in [1.82, 2.24) is 0 Å². The van der Waals surface area contributed by atoms with E-state index in [0.717, 1.165) is 0 Å². The lowest BCUT2D eigenvalue weighted by molar-refractivity contribution is 0.594. The largest absolute Gasteiger partial charge is 0.261 e. The number of halogens is 1. The molecule has 2 aromatic carbocycles. The van der Waals surface area contributed by atoms with Crippen LogP contribution in [0.25, 0.3) is 0 Å². The van der Waals surface area contributed by atoms with Crippen LogP contribution >= 0.6 is 10.7 Å². The van der Waals surface area contributed by atoms with Crippen LogP contribution in [0.4, 0.5) is 0 Å². The van der Waals surface area contributed by atoms with E-state index in [-0.39, 0.29) is 14.7 Å². The van der Waals surface area contributed by atoms with Crippen LogP contribution in [0.5, 0.6) is 0 Å². The van der Waals surface area contributed by atoms with Crippen molar-refractivity contribution < 1.29 is 16.8 Å². The number of rotatable bonds is 3. The first-order valence-corrected chi connectivity index (χ1v) is 9.80. The molecule has 0 saturated heterocycles. The van der Waals surface area contributed by atoms with E-state index in [1.54, 1.807) is 25.1 Å². The van der Waals surface area contributed by atoms with Crippen LogP contribution in [0, 0.1) is 13.8 Å². The smallest absolute Gasteiger partial charge is 0.219 e. The molecule has 2 aromatic rings. The molecule has 0 saturated carbocycles. The molecule has 0 atom stereocenters. The average Bonchev–Trinajstić information content (AvgIpc) is 2.41. The molecular weight excluding hydrogens is 332 g/mol. The lowest BCUT2D eigenvalue weighted by Gasteiger charge is -2.12. The van der Waals surface area contributed by atoms with Gasteiger partial charge in [-0.2, -0.15) is 0 Å². The van der Waals surface area contributed by atoms with Crippen LogP contribution < -0.4 is 0 Å². The van der Waals surface area contributed by atoms with Crippen molar-refractivity contribution in [2.75, 3.05) is 0 Å². The molecule has 2 rings (SSSR count). The standard InChI is InChI=1S/C14H13ClO4S2/c1-10-11(2)14(21(15,18)19)9-8-13(10)20(16,17)12-6-4-3-5-7-12/h3-9H,1-2H3. The number of hydrogen-bond donors (Lipinski definition) is 0. The van der Waals surface area contributed by atoms with Gasteiger partial charge in [-0.1, -0.05) is 18.2 Å². The second-order valence-corrected chi connectivity index (χ2v) is 9.02. The predicted molar refractivity (Wildman–Crippen MR) is 80.8 cm³/mol. The van der Waals surface area contributed by atoms with Crippen molar-refractivity contribution in [1.29, 1.82) is 0 Å². The van der Waals surface area contributed by atoms with Crippen LogP contribution in [-0.4, -0.2) is 16.8 Å². The molecule has 0 N–H and O–H groups in total. The topological polar surface area (TPSA) is 68.3 Å². The maximum Gasteiger partial charge on any atom is 0.261 e. The molecule has 112 valence electrons. The normalized spacial score (nSPS) is 12.3. The summed E-state index contributed by atoms with van der Waals surface area (Å²) >= 11 is 0. The van der Waals surface area contributed by atoms with Gasteiger partial charge >= 0.3 is 0 Å². The van der Waals surface area contributed by atoms with Crippen molar-refractivity contribution in [2.45, 2.75) is 28.5 Å². The minimum atomic E-state index is -3.91. The van der Waals surface area contributed by atoms with Crippen molar-refractivity contribution >= 4 is 29.6 Å². The third-order valence-corrected chi connectivity index (χ3v) is 6.67. The fraction of sp³-hybridized carbons (Fsp3) is 0.143. The van der Waals surface area contributed by atoms with Gasteiger partial charge in [0.05, 0.1) is 14.7 Å². The molecular formula is C14H13ClO4S2. The predicted octanol–water partition coefficient (Wildman–Crippen LogP) is 3.06. The van der Waals surface area contributed by atoms with Gasteiger partial charge in [0.2, 0.25) is 9.84 Å². The van der Waals surface area contributed by atoms with Gasteiger partial charge in [-0.05, 0) is 49.2 Å². The molecule has 0 radical (unpaired) electrons. The SMILES string of the molecule is Cc1c(S(=O)(=O)Cl)ccc(S(=O)(=O)c2ccccc2)c1C. The molecule has 0 amide bonds. The summed E-state index contributed by atoms with van der Waals surface area (Å²) in [5, 5.41) is 0. The Morgan fingerprint density at radius 3 is 1.76 bits per heavy atom. The Balaban J connectivity index is 2.71. The van der Waals surface area contributed by atoms with Gasteiger partial charge < -0.3 is 0 Å². The van der Waals surface area contributed by atoms with Crippen LogP contribution in [0.3, 0.4) is 0 Å². The number of sulfone groups is 1. The van der Waals surface area contributed by atoms with E-state index in [4.69, 9.17) is 10.7 Å². The first-order valence-electron chi connectivity index (χ1n) is 6.00. The van der Waals surface area contributed by atoms with Crippen molar-refractivity contribution in [3.05, 3.63) is 53.6 Å². The summed E-state index contributed by atoms with van der Waals surface area (Å²) < 4.78 is 48.1. The highest BCUT2D eigenvalue weighted by Gasteiger charge is 2.24. The molecule has 0 spiro atoms. The van der Waals surface area contributed by atoms with E-state index in [1.807, 2.05) is 0 Å². The lowest BCUT2D eigenvalue weighted by Crippen LogP contribution is -2.07. The van der Waals surface area contributed by atoms with Crippen LogP contribution in [0.2, 0.25) is 0 Å². The van der Waals surface area contributed by atoms with E-state index < -0.39 is 18.9 Å². The summed E-state index contributed by atoms with van der Waals surface area (Å²) in [5.41, 5.74) is 0.711. The molecule has 0 bridgehead atoms. The second kappa shape index (κ2) is 5.44. The van der Waals surface area contributed by atoms with Crippen molar-refractivity contribution in [3.8, 4) is 0 Å². The minimum Gasteiger partial charge on any atom is -0.219 e. The molecule has 0 heterocycles. The van der Waals surface area contributed by atoms with Crippen molar-refractivity contribution in [2.24, 2.45) is 0 Å². The molecule has 21 heavy (non-hydrogen) atoms. The van der Waals surface area contributed by atoms with E-state index in [2.05, 4.69) is 0 Å². The third-order valence-electron chi connectivity index (χ3n) is 3.29. The highest BCUT2D eigenvalue weighted by atomic mass is 35.7. The van der Waals surface area contributed by atoms with Gasteiger partial charge in [0.15, 0.2) is 0 Å². The van der Waals surface area contributed by atoms with E-state index in [9.17, 15) is 16.8 Å². The summed E-state index contributed by atoms with van der Waals surface area (Å²) in [5.74, 6) is 0. The summed E-state index contributed by atoms with van der Waals surface area (Å²) in [4.78, 5) is 0.165. The second-order valence-electron chi connectivity index (χ2n) is 4.57. The summed E-state index contributed by atoms with van der Waals surface area (Å²) in [6, 6.07) is 10.5. The Morgan fingerprint density at radius 1 is 0.762 bits per heavy atom. The molecule has 0 unspecified atom stereocenters. The van der Waals surface area contributed by atoms with Gasteiger partial charge in [-0.3, -0.25) is 0 Å². The zero-order valence-corrected chi connectivity index (χ0v) is 13.8. The summed E-state index contributed by atoms with van der Waals surface area (Å²) in [7, 11) is -2.26. The zero-order chi connectivity index (χ0) is 15.8. The van der Waals surface area contributed by atoms with E-state index >= 15 is 0 Å². The number of benzene rings is 2. The summed E-state index contributed by atoms with van der Waals surface area (Å²) in [6.45, 7) is 3.10. The number of hydrogen-bond acceptors (Lipinski definition) is 4. The fourth-order valence-electron chi connectivity index (χ4n) is 2.05. The molecule has 0 aliphatic heterocycles. The molecule has 0 aliphatic carbocycles. The third kappa shape index (κ3) is 2.97. The van der Waals surface area contributed by atoms with E-state index in [0.29, 0.717) is 11.1 Å². The van der Waals surface area contributed by atoms with Gasteiger partial charge in [0.1, 0.15) is 0 Å². The molecule has 4 nitrogen and oxygen atoms in total. The van der Waals surface area contributed by atoms with Gasteiger partial charge in [0.25, 0.3) is 9.05 Å². The highest BCUT2D eigenvalue weighted by Crippen LogP contribution is 2.30. The van der Waals surface area contributed by atoms with Crippen LogP contribution in [0.15, 0.2) is 57.2 Å². The Bertz CT molecular complexity index is 886. The van der Waals surface area contributed by atoms with Gasteiger partial charge in [-0.25, -0.2) is 16.8 Å². The molecule has 0 fully saturated rings. The summed E-state index contributed by atoms with van der Waals surface area (Å²) in [6.07, 6.45) is 0. The Morgan fingerprint density at radius 2 is 1.24 bits per heavy atom. The molecule has 0 aromatic heterocycles. The quantitative estimate of drug-likeness (QED) is 0.802. The first kappa shape index (κ1) is 16.0. The Kier molecular flexibility index (Phi) is 4.15. The van der Waals surface area contributed by atoms with Gasteiger partial charge in [-0.15, -0.1) is 0 Å². The van der Waals surface area contributed by atoms with Crippen molar-refractivity contribution in [3.63, 3.8) is 0 Å². The molecule has 0 aliphatic rings. The first-order chi connectivity index (χ1) is 9.65. The lowest BCUT2D eigenvalue weighted by atomic mass is 10.1. The van der Waals surface area contributed by atoms with Crippen LogP contribution in [0.1, 0.15) is 11.1 Å². The Hall–Kier alpha value is -1.37. The minimum absolute atomic E-state index is 0.0753. The van der Waals surface area contributed by atoms with Gasteiger partial charge in [0, 0.05) is 10.7 Å². The maximum absolute atomic E-state index is 12.6. The molecule has 7 heteroatoms. The van der Waals surface area contributed by atoms with E-state index in [1.165, 1.54) is 31.2 Å². The monoisotopic (exact) mass is 344 g/mol. The van der Waals surface area contributed by atoms with Crippen LogP contribution in [-0.2, 0) is 18.9 Å². The highest BCUT2D eigenvalue weighted by molar-refractivity contribution is 8.13. The Labute approximate surface area is 128 Å². The zero-order valence-electron chi connectivity index (χ0n) is 11.4. The average molecular weight is 345 g/mol. The maximum atomic E-state index is 12.6.